The van der Waals surface area contributed by atoms with Crippen LogP contribution in [0.3, 0.4) is 0 Å². The Morgan fingerprint density at radius 3 is 2.64 bits per heavy atom. The minimum Gasteiger partial charge on any atom is -0.479 e. The van der Waals surface area contributed by atoms with E-state index in [2.05, 4.69) is 15.3 Å². The highest BCUT2D eigenvalue weighted by molar-refractivity contribution is 8.00. The van der Waals surface area contributed by atoms with Gasteiger partial charge in [-0.2, -0.15) is 0 Å². The van der Waals surface area contributed by atoms with Crippen LogP contribution in [0.2, 0.25) is 0 Å². The van der Waals surface area contributed by atoms with E-state index in [-0.39, 0.29) is 11.8 Å². The van der Waals surface area contributed by atoms with Crippen LogP contribution in [0, 0.1) is 0 Å². The summed E-state index contributed by atoms with van der Waals surface area (Å²) in [5, 5.41) is 7.85. The molecule has 1 saturated heterocycles. The molecule has 2 fully saturated rings. The molecule has 0 atom stereocenters. The lowest BCUT2D eigenvalue weighted by atomic mass is 10.2. The molecule has 28 heavy (non-hydrogen) atoms. The average Bonchev–Trinajstić information content (AvgIpc) is 3.35. The lowest BCUT2D eigenvalue weighted by Gasteiger charge is -2.34. The summed E-state index contributed by atoms with van der Waals surface area (Å²) in [6, 6.07) is 0. The number of carbonyl (C=O) groups excluding carboxylic acids is 2. The van der Waals surface area contributed by atoms with E-state index < -0.39 is 0 Å². The fraction of sp³-hybridized carbons (Fsp3) is 0.737. The smallest absolute Gasteiger partial charge is 0.261 e. The summed E-state index contributed by atoms with van der Waals surface area (Å²) in [7, 11) is 3.30. The fourth-order valence-electron chi connectivity index (χ4n) is 3.76. The third-order valence-corrected chi connectivity index (χ3v) is 6.75. The molecule has 0 bridgehead atoms. The number of carbonyl (C=O) groups is 2. The topological polar surface area (TPSA) is 79.7 Å². The van der Waals surface area contributed by atoms with Gasteiger partial charge in [-0.1, -0.05) is 12.8 Å². The van der Waals surface area contributed by atoms with Crippen LogP contribution in [0.15, 0.2) is 6.20 Å². The van der Waals surface area contributed by atoms with Crippen LogP contribution < -0.4 is 10.1 Å². The van der Waals surface area contributed by atoms with Crippen molar-refractivity contribution in [3.8, 4) is 5.88 Å². The second kappa shape index (κ2) is 10.2. The molecule has 1 aliphatic carbocycles. The fourth-order valence-corrected chi connectivity index (χ4v) is 4.92. The van der Waals surface area contributed by atoms with E-state index in [1.807, 2.05) is 4.90 Å². The van der Waals surface area contributed by atoms with Crippen LogP contribution in [0.1, 0.15) is 36.0 Å². The highest BCUT2D eigenvalue weighted by Gasteiger charge is 2.26. The van der Waals surface area contributed by atoms with Crippen molar-refractivity contribution in [3.63, 3.8) is 0 Å². The van der Waals surface area contributed by atoms with E-state index in [1.54, 1.807) is 29.7 Å². The predicted molar refractivity (Wildman–Crippen MR) is 110 cm³/mol. The zero-order chi connectivity index (χ0) is 19.9. The molecule has 1 aliphatic heterocycles. The molecule has 0 radical (unpaired) electrons. The van der Waals surface area contributed by atoms with Crippen molar-refractivity contribution >= 4 is 23.6 Å². The lowest BCUT2D eigenvalue weighted by Crippen LogP contribution is -2.50. The number of aryl methyl sites for hydroxylation is 1. The van der Waals surface area contributed by atoms with Gasteiger partial charge in [-0.25, -0.2) is 0 Å². The number of hydrogen-bond donors (Lipinski definition) is 1. The van der Waals surface area contributed by atoms with Crippen molar-refractivity contribution in [2.24, 2.45) is 7.05 Å². The molecule has 1 saturated carbocycles. The largest absolute Gasteiger partial charge is 0.479 e. The number of aromatic nitrogens is 2. The van der Waals surface area contributed by atoms with Gasteiger partial charge in [0.25, 0.3) is 5.91 Å². The SMILES string of the molecule is COc1nn(C)cc1C(=O)N1CCN(CCNC(=O)CSC2CCCC2)CC1. The van der Waals surface area contributed by atoms with Crippen LogP contribution in [0.25, 0.3) is 0 Å². The third kappa shape index (κ3) is 5.64. The van der Waals surface area contributed by atoms with Gasteiger partial charge >= 0.3 is 0 Å². The second-order valence-corrected chi connectivity index (χ2v) is 8.72. The molecule has 9 heteroatoms. The lowest BCUT2D eigenvalue weighted by molar-refractivity contribution is -0.118. The van der Waals surface area contributed by atoms with Crippen LogP contribution in [0.5, 0.6) is 5.88 Å². The van der Waals surface area contributed by atoms with Crippen molar-refractivity contribution in [1.82, 2.24) is 24.9 Å². The number of rotatable bonds is 8. The first-order valence-electron chi connectivity index (χ1n) is 10.0. The number of methoxy groups -OCH3 is 1. The maximum Gasteiger partial charge on any atom is 0.261 e. The number of nitrogens with zero attached hydrogens (tertiary/aromatic N) is 4. The summed E-state index contributed by atoms with van der Waals surface area (Å²) in [6.07, 6.45) is 6.83. The molecule has 2 heterocycles. The van der Waals surface area contributed by atoms with Crippen LogP contribution in [-0.2, 0) is 11.8 Å². The highest BCUT2D eigenvalue weighted by atomic mass is 32.2. The van der Waals surface area contributed by atoms with E-state index in [0.717, 1.165) is 19.6 Å². The number of thioether (sulfide) groups is 1. The molecule has 0 aromatic carbocycles. The van der Waals surface area contributed by atoms with Gasteiger partial charge in [0.15, 0.2) is 0 Å². The Kier molecular flexibility index (Phi) is 7.61. The van der Waals surface area contributed by atoms with Crippen LogP contribution in [-0.4, -0.2) is 88.8 Å². The molecule has 1 aromatic rings. The Labute approximate surface area is 170 Å². The molecule has 0 unspecified atom stereocenters. The third-order valence-electron chi connectivity index (χ3n) is 5.38. The highest BCUT2D eigenvalue weighted by Crippen LogP contribution is 2.29. The Hall–Kier alpha value is -1.74. The summed E-state index contributed by atoms with van der Waals surface area (Å²) in [5.41, 5.74) is 0.505. The van der Waals surface area contributed by atoms with Crippen molar-refractivity contribution in [1.29, 1.82) is 0 Å². The molecule has 156 valence electrons. The minimum atomic E-state index is -0.0400. The normalized spacial score (nSPS) is 18.4. The summed E-state index contributed by atoms with van der Waals surface area (Å²) in [4.78, 5) is 28.8. The Bertz CT molecular complexity index is 667. The molecule has 1 N–H and O–H groups in total. The first-order valence-corrected chi connectivity index (χ1v) is 11.1. The molecular weight excluding hydrogens is 378 g/mol. The van der Waals surface area contributed by atoms with Gasteiger partial charge in [-0.15, -0.1) is 16.9 Å². The van der Waals surface area contributed by atoms with Gasteiger partial charge in [0, 0.05) is 57.8 Å². The summed E-state index contributed by atoms with van der Waals surface area (Å²) in [5.74, 6) is 1.03. The molecule has 0 spiro atoms. The number of hydrogen-bond acceptors (Lipinski definition) is 6. The van der Waals surface area contributed by atoms with E-state index in [1.165, 1.54) is 32.8 Å². The molecule has 8 nitrogen and oxygen atoms in total. The van der Waals surface area contributed by atoms with E-state index in [9.17, 15) is 9.59 Å². The second-order valence-electron chi connectivity index (χ2n) is 7.43. The summed E-state index contributed by atoms with van der Waals surface area (Å²) < 4.78 is 6.79. The minimum absolute atomic E-state index is 0.0400. The van der Waals surface area contributed by atoms with Gasteiger partial charge < -0.3 is 15.0 Å². The molecule has 1 aromatic heterocycles. The van der Waals surface area contributed by atoms with Gasteiger partial charge in [-0.3, -0.25) is 19.2 Å². The monoisotopic (exact) mass is 409 g/mol. The standard InChI is InChI=1S/C19H31N5O3S/c1-22-13-16(18(21-22)27-2)19(26)24-11-9-23(10-12-24)8-7-20-17(25)14-28-15-5-3-4-6-15/h13,15H,3-12,14H2,1-2H3,(H,20,25). The zero-order valence-electron chi connectivity index (χ0n) is 16.9. The van der Waals surface area contributed by atoms with Crippen molar-refractivity contribution in [2.45, 2.75) is 30.9 Å². The van der Waals surface area contributed by atoms with Crippen molar-refractivity contribution in [2.75, 3.05) is 52.1 Å². The van der Waals surface area contributed by atoms with Gasteiger partial charge in [0.1, 0.15) is 5.56 Å². The van der Waals surface area contributed by atoms with E-state index in [0.29, 0.717) is 42.1 Å². The summed E-state index contributed by atoms with van der Waals surface area (Å²) >= 11 is 1.80. The maximum atomic E-state index is 12.7. The number of nitrogens with one attached hydrogen (secondary N) is 1. The van der Waals surface area contributed by atoms with Gasteiger partial charge in [0.2, 0.25) is 11.8 Å². The summed E-state index contributed by atoms with van der Waals surface area (Å²) in [6.45, 7) is 4.43. The molecular formula is C19H31N5O3S. The van der Waals surface area contributed by atoms with Gasteiger partial charge in [0.05, 0.1) is 12.9 Å². The predicted octanol–water partition coefficient (Wildman–Crippen LogP) is 0.979. The number of piperazine rings is 1. The van der Waals surface area contributed by atoms with Crippen molar-refractivity contribution in [3.05, 3.63) is 11.8 Å². The van der Waals surface area contributed by atoms with Gasteiger partial charge in [-0.05, 0) is 12.8 Å². The van der Waals surface area contributed by atoms with Crippen LogP contribution >= 0.6 is 11.8 Å². The molecule has 3 rings (SSSR count). The molecule has 2 aliphatic rings. The number of ether oxygens (including phenoxy) is 1. The first kappa shape index (κ1) is 21.0. The first-order chi connectivity index (χ1) is 13.6. The van der Waals surface area contributed by atoms with Crippen molar-refractivity contribution < 1.29 is 14.3 Å². The Morgan fingerprint density at radius 2 is 1.96 bits per heavy atom. The average molecular weight is 410 g/mol. The van der Waals surface area contributed by atoms with Crippen LogP contribution in [0.4, 0.5) is 0 Å². The number of amides is 2. The van der Waals surface area contributed by atoms with E-state index >= 15 is 0 Å². The maximum absolute atomic E-state index is 12.7. The zero-order valence-corrected chi connectivity index (χ0v) is 17.7. The Balaban J connectivity index is 1.33. The van der Waals surface area contributed by atoms with E-state index in [4.69, 9.17) is 4.74 Å². The Morgan fingerprint density at radius 1 is 1.25 bits per heavy atom. The molecule has 2 amide bonds. The quantitative estimate of drug-likeness (QED) is 0.690.